The number of rotatable bonds is 66. The molecule has 0 heterocycles. The first-order chi connectivity index (χ1) is 48.8. The molecule has 102 heavy (non-hydrogen) atoms. The number of carbonyl (C=O) groups excluding carboxylic acids is 5. The second-order valence-electron chi connectivity index (χ2n) is 24.1. The number of carbonyl (C=O) groups is 5. The van der Waals surface area contributed by atoms with Gasteiger partial charge in [0.1, 0.15) is 70.2 Å². The van der Waals surface area contributed by atoms with Crippen LogP contribution in [0.3, 0.4) is 0 Å². The second kappa shape index (κ2) is 64.5. The highest BCUT2D eigenvalue weighted by molar-refractivity contribution is 5.87. The molecule has 2 amide bonds. The van der Waals surface area contributed by atoms with Gasteiger partial charge >= 0.3 is 30.1 Å². The molecule has 0 spiro atoms. The lowest BCUT2D eigenvalue weighted by molar-refractivity contribution is -0.346. The van der Waals surface area contributed by atoms with Crippen molar-refractivity contribution in [3.8, 4) is 0 Å². The van der Waals surface area contributed by atoms with Gasteiger partial charge in [0.25, 0.3) is 0 Å². The molecule has 5 N–H and O–H groups in total. The predicted molar refractivity (Wildman–Crippen MR) is 388 cm³/mol. The van der Waals surface area contributed by atoms with Crippen LogP contribution in [0.1, 0.15) is 124 Å². The predicted octanol–water partition coefficient (Wildman–Crippen LogP) is 14.1. The fourth-order valence-corrected chi connectivity index (χ4v) is 8.64. The lowest BCUT2D eigenvalue weighted by atomic mass is 9.79. The first-order valence-electron chi connectivity index (χ1n) is 33.4. The Hall–Kier alpha value is -7.29. The van der Waals surface area contributed by atoms with Gasteiger partial charge in [-0.3, -0.25) is 15.8 Å². The molecule has 0 aliphatic heterocycles. The van der Waals surface area contributed by atoms with Crippen LogP contribution < -0.4 is 10.6 Å². The van der Waals surface area contributed by atoms with Crippen LogP contribution in [0.2, 0.25) is 0 Å². The van der Waals surface area contributed by atoms with Crippen LogP contribution in [0.15, 0.2) is 175 Å². The van der Waals surface area contributed by atoms with Gasteiger partial charge in [-0.1, -0.05) is 105 Å². The number of alkyl carbamates (subject to hydrolysis) is 2. The molecule has 0 radical (unpaired) electrons. The van der Waals surface area contributed by atoms with Crippen LogP contribution in [-0.4, -0.2) is 175 Å². The molecule has 0 rings (SSSR count). The van der Waals surface area contributed by atoms with Crippen LogP contribution in [0.5, 0.6) is 0 Å². The largest absolute Gasteiger partial charge is 0.462 e. The van der Waals surface area contributed by atoms with Gasteiger partial charge in [0, 0.05) is 53.5 Å². The van der Waals surface area contributed by atoms with Crippen molar-refractivity contribution in [2.45, 2.75) is 155 Å². The highest BCUT2D eigenvalue weighted by Gasteiger charge is 2.39. The molecule has 27 nitrogen and oxygen atoms in total. The third-order valence-electron chi connectivity index (χ3n) is 14.4. The van der Waals surface area contributed by atoms with Gasteiger partial charge < -0.3 is 39.1 Å². The Bertz CT molecular complexity index is 2460. The zero-order chi connectivity index (χ0) is 77.3. The summed E-state index contributed by atoms with van der Waals surface area (Å²) in [6.45, 7) is 60.1. The van der Waals surface area contributed by atoms with Gasteiger partial charge in [-0.25, -0.2) is 77.7 Å². The van der Waals surface area contributed by atoms with Crippen molar-refractivity contribution in [1.29, 1.82) is 0 Å². The standard InChI is InChI=1S/C30H50N2O10.C28H44O9.C17H26O6/c1-21(2)13-14-25(19-37-28(33)24(7)8)40-29(34)31-15-11-9-10-12-16-32-30(35)41-26(17-27(42-36)23(5)6)20-39-38-18-22(3)4;1-7-13-15-27(16-14-8-2,22-32-26(29)12-6)20-31-21-28(19-25(11-5)37-30,23-35-33-17-9-3)24-36-34-18-10-4;1-5-9-10-17(12-15(7-3)23-19,13-20-16(18)8-4)14-22-21-11-6-2/h25-27,36H,1,3,5,7,9-20H2,2,4,6,8H3,(H,31,34)(H,32,35);7-12,25,30H,1-6,13-24H2;5-8,15,19H,1-4,9-14H2. The first-order valence-corrected chi connectivity index (χ1v) is 33.4. The van der Waals surface area contributed by atoms with Gasteiger partial charge in [0.2, 0.25) is 0 Å². The SMILES string of the molecule is C=C(C)CCC(COC(=O)C(=C)C)OC(=O)NCCCCCCNC(=O)OC(COOCC(=C)C)CC(OO)C(=C)C.C=CCCC(CCC=C)(COCC(COOCC=C)(COOCC=C)CC(C=C)OO)COC(=O)C=C.C=CCCC(COOCC=C)(COC(=O)C=C)CC(C=C)OO. The van der Waals surface area contributed by atoms with E-state index in [-0.39, 0.29) is 104 Å². The zero-order valence-corrected chi connectivity index (χ0v) is 61.1. The zero-order valence-electron chi connectivity index (χ0n) is 61.1. The Labute approximate surface area is 605 Å². The Balaban J connectivity index is -0.00000150. The fraction of sp³-hybridized carbons (Fsp3) is 0.560. The summed E-state index contributed by atoms with van der Waals surface area (Å²) in [4.78, 5) is 114. The molecule has 6 unspecified atom stereocenters. The normalized spacial score (nSPS) is 13.0. The molecule has 0 fully saturated rings. The minimum atomic E-state index is -0.885. The van der Waals surface area contributed by atoms with Crippen molar-refractivity contribution in [2.24, 2.45) is 16.2 Å². The summed E-state index contributed by atoms with van der Waals surface area (Å²) in [5.41, 5.74) is 0.501. The highest BCUT2D eigenvalue weighted by Crippen LogP contribution is 2.35. The maximum absolute atomic E-state index is 12.3. The third-order valence-corrected chi connectivity index (χ3v) is 14.4. The molecule has 0 aliphatic carbocycles. The Morgan fingerprint density at radius 3 is 1.30 bits per heavy atom. The Morgan fingerprint density at radius 2 is 0.902 bits per heavy atom. The molecule has 0 saturated carbocycles. The second-order valence-corrected chi connectivity index (χ2v) is 24.1. The minimum absolute atomic E-state index is 0.0176. The number of hydrogen-bond donors (Lipinski definition) is 5. The summed E-state index contributed by atoms with van der Waals surface area (Å²) >= 11 is 0. The van der Waals surface area contributed by atoms with Crippen molar-refractivity contribution in [1.82, 2.24) is 10.6 Å². The molecule has 27 heteroatoms. The molecule has 0 aromatic rings. The molecular formula is C75H120N2O25. The number of unbranched alkanes of at least 4 members (excludes halogenated alkanes) is 3. The molecule has 0 aromatic carbocycles. The van der Waals surface area contributed by atoms with E-state index in [9.17, 15) is 29.2 Å². The van der Waals surface area contributed by atoms with Gasteiger partial charge in [-0.05, 0) is 110 Å². The summed E-state index contributed by atoms with van der Waals surface area (Å²) in [7, 11) is 0. The Morgan fingerprint density at radius 1 is 0.461 bits per heavy atom. The quantitative estimate of drug-likeness (QED) is 0.00718. The Kier molecular flexibility index (Phi) is 62.6. The van der Waals surface area contributed by atoms with Crippen molar-refractivity contribution >= 4 is 30.1 Å². The van der Waals surface area contributed by atoms with Crippen molar-refractivity contribution < 1.29 is 122 Å². The van der Waals surface area contributed by atoms with Gasteiger partial charge in [-0.15, -0.1) is 59.2 Å². The van der Waals surface area contributed by atoms with Gasteiger partial charge in [0.05, 0.1) is 46.2 Å². The van der Waals surface area contributed by atoms with E-state index in [1.54, 1.807) is 45.1 Å². The molecule has 0 bridgehead atoms. The number of allylic oxidation sites excluding steroid dienone is 4. The molecule has 580 valence electrons. The fourth-order valence-electron chi connectivity index (χ4n) is 8.64. The summed E-state index contributed by atoms with van der Waals surface area (Å²) in [6.07, 6.45) is 19.3. The van der Waals surface area contributed by atoms with E-state index in [4.69, 9.17) is 78.0 Å². The summed E-state index contributed by atoms with van der Waals surface area (Å²) < 4.78 is 32.8. The lowest BCUT2D eigenvalue weighted by Crippen LogP contribution is -2.42. The monoisotopic (exact) mass is 1450 g/mol. The summed E-state index contributed by atoms with van der Waals surface area (Å²) in [6, 6.07) is 0. The van der Waals surface area contributed by atoms with Crippen LogP contribution in [0.4, 0.5) is 9.59 Å². The van der Waals surface area contributed by atoms with E-state index in [1.807, 2.05) is 19.1 Å². The molecule has 0 saturated heterocycles. The van der Waals surface area contributed by atoms with Gasteiger partial charge in [0.15, 0.2) is 0 Å². The number of esters is 3. The van der Waals surface area contributed by atoms with E-state index in [1.165, 1.54) is 12.2 Å². The minimum Gasteiger partial charge on any atom is -0.462 e. The van der Waals surface area contributed by atoms with Crippen LogP contribution in [-0.2, 0) is 96.6 Å². The van der Waals surface area contributed by atoms with E-state index in [0.717, 1.165) is 36.1 Å². The average Bonchev–Trinajstić information content (AvgIpc) is 0.851. The smallest absolute Gasteiger partial charge is 0.407 e. The average molecular weight is 1450 g/mol. The highest BCUT2D eigenvalue weighted by atomic mass is 17.2. The number of ether oxygens (including phenoxy) is 6. The van der Waals surface area contributed by atoms with Crippen LogP contribution in [0, 0.1) is 16.2 Å². The van der Waals surface area contributed by atoms with Crippen molar-refractivity contribution in [3.63, 3.8) is 0 Å². The van der Waals surface area contributed by atoms with E-state index in [2.05, 4.69) is 117 Å². The molecular weight excluding hydrogens is 1330 g/mol. The number of amides is 2. The maximum Gasteiger partial charge on any atom is 0.407 e. The summed E-state index contributed by atoms with van der Waals surface area (Å²) in [5, 5.41) is 32.8. The molecule has 0 aliphatic rings. The first kappa shape index (κ1) is 98.9. The summed E-state index contributed by atoms with van der Waals surface area (Å²) in [5.74, 6) is -1.59. The third kappa shape index (κ3) is 53.5. The van der Waals surface area contributed by atoms with Crippen LogP contribution in [0.25, 0.3) is 0 Å². The van der Waals surface area contributed by atoms with Gasteiger partial charge in [-0.2, -0.15) is 0 Å². The molecule has 6 atom stereocenters. The van der Waals surface area contributed by atoms with E-state index < -0.39 is 76.9 Å². The van der Waals surface area contributed by atoms with Crippen molar-refractivity contribution in [3.05, 3.63) is 175 Å². The van der Waals surface area contributed by atoms with E-state index >= 15 is 0 Å². The molecule has 0 aromatic heterocycles. The van der Waals surface area contributed by atoms with Crippen LogP contribution >= 0.6 is 0 Å². The topological polar surface area (TPSA) is 327 Å². The lowest BCUT2D eigenvalue weighted by Gasteiger charge is -2.37. The number of hydrogen-bond acceptors (Lipinski definition) is 25. The number of nitrogens with one attached hydrogen (secondary N) is 2. The van der Waals surface area contributed by atoms with Crippen molar-refractivity contribution in [2.75, 3.05) is 99.0 Å². The maximum atomic E-state index is 12.3. The van der Waals surface area contributed by atoms with E-state index in [0.29, 0.717) is 89.3 Å².